The predicted octanol–water partition coefficient (Wildman–Crippen LogP) is 2.77. The molecular weight excluding hydrogens is 374 g/mol. The van der Waals surface area contributed by atoms with Crippen LogP contribution in [0.25, 0.3) is 0 Å². The molecule has 0 aromatic heterocycles. The molecule has 0 unspecified atom stereocenters. The molecule has 3 N–H and O–H groups in total. The molecule has 28 heavy (non-hydrogen) atoms. The molecule has 0 fully saturated rings. The van der Waals surface area contributed by atoms with Gasteiger partial charge in [0, 0.05) is 6.54 Å². The Morgan fingerprint density at radius 1 is 1.00 bits per heavy atom. The Balaban J connectivity index is 1.88. The van der Waals surface area contributed by atoms with E-state index in [-0.39, 0.29) is 23.4 Å². The Morgan fingerprint density at radius 2 is 1.54 bits per heavy atom. The first-order valence-electron chi connectivity index (χ1n) is 9.25. The highest BCUT2D eigenvalue weighted by Crippen LogP contribution is 2.16. The Bertz CT molecular complexity index is 891. The molecule has 1 amide bonds. The first-order chi connectivity index (χ1) is 13.1. The average Bonchev–Trinajstić information content (AvgIpc) is 2.61. The van der Waals surface area contributed by atoms with Gasteiger partial charge in [0.1, 0.15) is 0 Å². The van der Waals surface area contributed by atoms with Gasteiger partial charge in [-0.15, -0.1) is 0 Å². The van der Waals surface area contributed by atoms with Crippen LogP contribution in [0, 0.1) is 0 Å². The Kier molecular flexibility index (Phi) is 7.35. The van der Waals surface area contributed by atoms with E-state index in [9.17, 15) is 13.2 Å². The highest BCUT2D eigenvalue weighted by molar-refractivity contribution is 7.89. The summed E-state index contributed by atoms with van der Waals surface area (Å²) in [6.45, 7) is 7.13. The van der Waals surface area contributed by atoms with Crippen molar-refractivity contribution in [2.24, 2.45) is 5.14 Å². The van der Waals surface area contributed by atoms with Crippen LogP contribution < -0.4 is 10.5 Å². The van der Waals surface area contributed by atoms with Gasteiger partial charge in [0.2, 0.25) is 15.9 Å². The Hall–Kier alpha value is -2.22. The second kappa shape index (κ2) is 9.32. The van der Waals surface area contributed by atoms with E-state index in [4.69, 9.17) is 5.14 Å². The molecular formula is C21H29N3O3S. The highest BCUT2D eigenvalue weighted by atomic mass is 32.2. The number of nitrogens with two attached hydrogens (primary N) is 1. The molecule has 6 nitrogen and oxygen atoms in total. The van der Waals surface area contributed by atoms with Crippen molar-refractivity contribution in [2.45, 2.75) is 44.2 Å². The minimum Gasteiger partial charge on any atom is -0.348 e. The molecule has 0 aliphatic carbocycles. The molecule has 2 rings (SSSR count). The zero-order valence-electron chi connectivity index (χ0n) is 16.8. The van der Waals surface area contributed by atoms with Crippen molar-refractivity contribution in [3.05, 3.63) is 65.2 Å². The van der Waals surface area contributed by atoms with Crippen molar-refractivity contribution in [3.63, 3.8) is 0 Å². The summed E-state index contributed by atoms with van der Waals surface area (Å²) in [5.74, 6) is 0.405. The summed E-state index contributed by atoms with van der Waals surface area (Å²) in [4.78, 5) is 14.3. The number of likely N-dealkylation sites (N-methyl/N-ethyl adjacent to an activating group) is 1. The quantitative estimate of drug-likeness (QED) is 0.709. The molecule has 0 aliphatic rings. The maximum Gasteiger partial charge on any atom is 0.238 e. The minimum absolute atomic E-state index is 0.0537. The van der Waals surface area contributed by atoms with E-state index in [1.54, 1.807) is 12.1 Å². The molecule has 2 aromatic rings. The fourth-order valence-electron chi connectivity index (χ4n) is 2.94. The lowest BCUT2D eigenvalue weighted by Gasteiger charge is -2.20. The maximum atomic E-state index is 12.3. The van der Waals surface area contributed by atoms with Gasteiger partial charge < -0.3 is 5.32 Å². The van der Waals surface area contributed by atoms with Gasteiger partial charge in [0.15, 0.2) is 0 Å². The van der Waals surface area contributed by atoms with Gasteiger partial charge in [-0.2, -0.15) is 0 Å². The van der Waals surface area contributed by atoms with E-state index in [0.29, 0.717) is 12.5 Å². The number of hydrogen-bond donors (Lipinski definition) is 2. The number of nitrogens with zero attached hydrogens (tertiary/aromatic N) is 1. The lowest BCUT2D eigenvalue weighted by molar-refractivity contribution is -0.122. The normalized spacial score (nSPS) is 13.0. The highest BCUT2D eigenvalue weighted by Gasteiger charge is 2.14. The molecule has 0 aliphatic heterocycles. The summed E-state index contributed by atoms with van der Waals surface area (Å²) >= 11 is 0. The average molecular weight is 404 g/mol. The lowest BCUT2D eigenvalue weighted by Crippen LogP contribution is -2.36. The van der Waals surface area contributed by atoms with Crippen molar-refractivity contribution in [1.29, 1.82) is 0 Å². The third-order valence-corrected chi connectivity index (χ3v) is 5.53. The van der Waals surface area contributed by atoms with Crippen molar-refractivity contribution in [2.75, 3.05) is 13.6 Å². The number of sulfonamides is 1. The number of rotatable bonds is 8. The molecule has 0 heterocycles. The summed E-state index contributed by atoms with van der Waals surface area (Å²) in [5, 5.41) is 8.04. The zero-order valence-corrected chi connectivity index (χ0v) is 17.7. The number of nitrogens with one attached hydrogen (secondary N) is 1. The third kappa shape index (κ3) is 6.44. The second-order valence-corrected chi connectivity index (χ2v) is 9.03. The van der Waals surface area contributed by atoms with Crippen LogP contribution >= 0.6 is 0 Å². The van der Waals surface area contributed by atoms with E-state index in [1.807, 2.05) is 18.9 Å². The van der Waals surface area contributed by atoms with Gasteiger partial charge in [0.25, 0.3) is 0 Å². The topological polar surface area (TPSA) is 92.5 Å². The molecule has 7 heteroatoms. The number of amides is 1. The van der Waals surface area contributed by atoms with Gasteiger partial charge >= 0.3 is 0 Å². The number of benzene rings is 2. The largest absolute Gasteiger partial charge is 0.348 e. The van der Waals surface area contributed by atoms with Crippen molar-refractivity contribution >= 4 is 15.9 Å². The van der Waals surface area contributed by atoms with Gasteiger partial charge in [-0.25, -0.2) is 13.6 Å². The van der Waals surface area contributed by atoms with Gasteiger partial charge in [-0.3, -0.25) is 9.69 Å². The first kappa shape index (κ1) is 22.1. The van der Waals surface area contributed by atoms with Crippen LogP contribution in [0.1, 0.15) is 49.4 Å². The van der Waals surface area contributed by atoms with E-state index in [1.165, 1.54) is 17.7 Å². The monoisotopic (exact) mass is 403 g/mol. The van der Waals surface area contributed by atoms with Crippen LogP contribution in [0.4, 0.5) is 0 Å². The van der Waals surface area contributed by atoms with Crippen LogP contribution in [-0.2, 0) is 21.4 Å². The van der Waals surface area contributed by atoms with E-state index in [2.05, 4.69) is 43.4 Å². The maximum absolute atomic E-state index is 12.3. The summed E-state index contributed by atoms with van der Waals surface area (Å²) in [6.07, 6.45) is 0. The number of primary sulfonamides is 1. The van der Waals surface area contributed by atoms with Crippen molar-refractivity contribution in [1.82, 2.24) is 10.2 Å². The molecule has 0 saturated heterocycles. The number of carbonyl (C=O) groups excluding carboxylic acids is 1. The second-order valence-electron chi connectivity index (χ2n) is 7.47. The van der Waals surface area contributed by atoms with E-state index < -0.39 is 10.0 Å². The molecule has 2 aromatic carbocycles. The van der Waals surface area contributed by atoms with Crippen LogP contribution in [0.5, 0.6) is 0 Å². The van der Waals surface area contributed by atoms with Crippen LogP contribution in [0.2, 0.25) is 0 Å². The summed E-state index contributed by atoms with van der Waals surface area (Å²) in [6, 6.07) is 14.4. The summed E-state index contributed by atoms with van der Waals surface area (Å²) in [7, 11) is -1.81. The molecule has 1 atom stereocenters. The predicted molar refractivity (Wildman–Crippen MR) is 111 cm³/mol. The van der Waals surface area contributed by atoms with Crippen LogP contribution in [0.3, 0.4) is 0 Å². The molecule has 0 bridgehead atoms. The van der Waals surface area contributed by atoms with E-state index in [0.717, 1.165) is 11.1 Å². The van der Waals surface area contributed by atoms with Gasteiger partial charge in [-0.05, 0) is 48.7 Å². The van der Waals surface area contributed by atoms with Crippen LogP contribution in [-0.4, -0.2) is 32.8 Å². The summed E-state index contributed by atoms with van der Waals surface area (Å²) in [5.41, 5.74) is 3.27. The summed E-state index contributed by atoms with van der Waals surface area (Å²) < 4.78 is 22.6. The third-order valence-electron chi connectivity index (χ3n) is 4.60. The van der Waals surface area contributed by atoms with Crippen molar-refractivity contribution in [3.8, 4) is 0 Å². The molecule has 0 saturated carbocycles. The smallest absolute Gasteiger partial charge is 0.238 e. The molecule has 152 valence electrons. The number of hydrogen-bond acceptors (Lipinski definition) is 4. The van der Waals surface area contributed by atoms with Gasteiger partial charge in [-0.1, -0.05) is 50.2 Å². The number of carbonyl (C=O) groups is 1. The van der Waals surface area contributed by atoms with Crippen LogP contribution in [0.15, 0.2) is 53.4 Å². The van der Waals surface area contributed by atoms with E-state index >= 15 is 0 Å². The zero-order chi connectivity index (χ0) is 20.9. The Labute approximate surface area is 167 Å². The lowest BCUT2D eigenvalue weighted by atomic mass is 10.0. The van der Waals surface area contributed by atoms with Crippen molar-refractivity contribution < 1.29 is 13.2 Å². The molecule has 0 spiro atoms. The van der Waals surface area contributed by atoms with Gasteiger partial charge in [0.05, 0.1) is 17.5 Å². The molecule has 0 radical (unpaired) electrons. The standard InChI is InChI=1S/C21H29N3O3S/c1-15(2)18-7-5-17(6-8-18)13-24(4)14-21(25)23-16(3)19-9-11-20(12-10-19)28(22,26)27/h5-12,15-16H,13-14H2,1-4H3,(H,23,25)(H2,22,26,27)/t16-/m1/s1. The SMILES string of the molecule is CC(C)c1ccc(CN(C)CC(=O)N[C@H](C)c2ccc(S(N)(=O)=O)cc2)cc1. The fourth-order valence-corrected chi connectivity index (χ4v) is 3.45. The fraction of sp³-hybridized carbons (Fsp3) is 0.381. The minimum atomic E-state index is -3.72. The first-order valence-corrected chi connectivity index (χ1v) is 10.8. The Morgan fingerprint density at radius 3 is 2.04 bits per heavy atom.